The summed E-state index contributed by atoms with van der Waals surface area (Å²) in [6.45, 7) is 0.0673. The van der Waals surface area contributed by atoms with E-state index in [1.807, 2.05) is 22.9 Å². The van der Waals surface area contributed by atoms with Crippen molar-refractivity contribution in [2.75, 3.05) is 26.2 Å². The Labute approximate surface area is 191 Å². The molecule has 0 saturated carbocycles. The van der Waals surface area contributed by atoms with Gasteiger partial charge in [-0.3, -0.25) is 4.79 Å². The fourth-order valence-corrected chi connectivity index (χ4v) is 6.68. The van der Waals surface area contributed by atoms with E-state index in [4.69, 9.17) is 0 Å². The molecule has 1 saturated heterocycles. The number of sulfonamides is 1. The zero-order valence-corrected chi connectivity index (χ0v) is 19.0. The normalized spacial score (nSPS) is 15.8. The molecule has 0 N–H and O–H groups in total. The summed E-state index contributed by atoms with van der Waals surface area (Å²) in [6, 6.07) is 8.01. The summed E-state index contributed by atoms with van der Waals surface area (Å²) in [5.74, 6) is -0.194. The maximum atomic E-state index is 13.3. The van der Waals surface area contributed by atoms with Crippen molar-refractivity contribution in [2.45, 2.75) is 17.5 Å². The molecule has 1 aliphatic heterocycles. The second kappa shape index (κ2) is 8.93. The van der Waals surface area contributed by atoms with Gasteiger partial charge in [0.15, 0.2) is 0 Å². The average Bonchev–Trinajstić information content (AvgIpc) is 3.45. The van der Waals surface area contributed by atoms with E-state index in [9.17, 15) is 26.4 Å². The van der Waals surface area contributed by atoms with E-state index < -0.39 is 26.7 Å². The first-order valence-electron chi connectivity index (χ1n) is 9.58. The number of hydrogen-bond donors (Lipinski definition) is 0. The van der Waals surface area contributed by atoms with Gasteiger partial charge >= 0.3 is 6.18 Å². The molecule has 170 valence electrons. The summed E-state index contributed by atoms with van der Waals surface area (Å²) >= 11 is 3.01. The number of carbonyl (C=O) groups is 1. The minimum Gasteiger partial charge on any atom is -0.340 e. The van der Waals surface area contributed by atoms with Gasteiger partial charge in [-0.25, -0.2) is 13.4 Å². The predicted octanol–water partition coefficient (Wildman–Crippen LogP) is 3.97. The molecule has 3 aromatic rings. The Morgan fingerprint density at radius 2 is 1.75 bits per heavy atom. The van der Waals surface area contributed by atoms with E-state index in [-0.39, 0.29) is 38.5 Å². The number of hydrogen-bond acceptors (Lipinski definition) is 6. The van der Waals surface area contributed by atoms with Crippen LogP contribution < -0.4 is 0 Å². The highest BCUT2D eigenvalue weighted by Gasteiger charge is 2.39. The van der Waals surface area contributed by atoms with Gasteiger partial charge in [0.1, 0.15) is 5.01 Å². The van der Waals surface area contributed by atoms with Gasteiger partial charge in [0.2, 0.25) is 15.9 Å². The van der Waals surface area contributed by atoms with E-state index in [1.54, 1.807) is 11.3 Å². The van der Waals surface area contributed by atoms with Crippen molar-refractivity contribution in [1.29, 1.82) is 0 Å². The summed E-state index contributed by atoms with van der Waals surface area (Å²) in [5, 5.41) is 4.60. The lowest BCUT2D eigenvalue weighted by molar-refractivity contribution is -0.139. The fourth-order valence-electron chi connectivity index (χ4n) is 3.41. The number of aromatic nitrogens is 1. The SMILES string of the molecule is O=C(Cc1csc(-c2cccs2)n1)N1CCN(S(=O)(=O)c2ccccc2C(F)(F)F)CC1. The topological polar surface area (TPSA) is 70.6 Å². The van der Waals surface area contributed by atoms with Crippen LogP contribution in [0.25, 0.3) is 9.88 Å². The predicted molar refractivity (Wildman–Crippen MR) is 116 cm³/mol. The number of thiophene rings is 1. The third-order valence-corrected chi connectivity index (χ3v) is 8.90. The average molecular weight is 502 g/mol. The molecule has 12 heteroatoms. The van der Waals surface area contributed by atoms with Crippen LogP contribution in [0.15, 0.2) is 52.1 Å². The smallest absolute Gasteiger partial charge is 0.340 e. The Kier molecular flexibility index (Phi) is 6.39. The zero-order valence-electron chi connectivity index (χ0n) is 16.6. The summed E-state index contributed by atoms with van der Waals surface area (Å²) in [5.41, 5.74) is -0.555. The molecule has 4 rings (SSSR count). The van der Waals surface area contributed by atoms with E-state index in [0.29, 0.717) is 5.69 Å². The lowest BCUT2D eigenvalue weighted by atomic mass is 10.2. The van der Waals surface area contributed by atoms with E-state index in [0.717, 1.165) is 32.4 Å². The van der Waals surface area contributed by atoms with Gasteiger partial charge in [-0.05, 0) is 23.6 Å². The number of carbonyl (C=O) groups excluding carboxylic acids is 1. The second-order valence-corrected chi connectivity index (χ2v) is 10.8. The van der Waals surface area contributed by atoms with Crippen LogP contribution in [0.5, 0.6) is 0 Å². The number of benzene rings is 1. The molecule has 32 heavy (non-hydrogen) atoms. The van der Waals surface area contributed by atoms with Gasteiger partial charge in [0.05, 0.1) is 27.5 Å². The van der Waals surface area contributed by atoms with Gasteiger partial charge in [-0.2, -0.15) is 17.5 Å². The Morgan fingerprint density at radius 3 is 2.41 bits per heavy atom. The Morgan fingerprint density at radius 1 is 1.03 bits per heavy atom. The minimum atomic E-state index is -4.78. The molecule has 1 amide bonds. The Bertz CT molecular complexity index is 1200. The molecular weight excluding hydrogens is 483 g/mol. The first-order chi connectivity index (χ1) is 15.2. The van der Waals surface area contributed by atoms with Crippen molar-refractivity contribution in [3.8, 4) is 9.88 Å². The molecule has 1 fully saturated rings. The van der Waals surface area contributed by atoms with Crippen molar-refractivity contribution >= 4 is 38.6 Å². The highest BCUT2D eigenvalue weighted by Crippen LogP contribution is 2.35. The van der Waals surface area contributed by atoms with Gasteiger partial charge in [0, 0.05) is 31.6 Å². The molecule has 2 aromatic heterocycles. The molecule has 1 aliphatic rings. The maximum absolute atomic E-state index is 13.3. The standard InChI is InChI=1S/C20H18F3N3O3S3/c21-20(22,23)15-4-1-2-6-17(15)32(28,29)26-9-7-25(8-10-26)18(27)12-14-13-31-19(24-14)16-5-3-11-30-16/h1-6,11,13H,7-10,12H2. The van der Waals surface area contributed by atoms with Crippen LogP contribution in [-0.2, 0) is 27.4 Å². The number of piperazine rings is 1. The monoisotopic (exact) mass is 501 g/mol. The van der Waals surface area contributed by atoms with Crippen LogP contribution in [0.3, 0.4) is 0 Å². The Balaban J connectivity index is 1.40. The van der Waals surface area contributed by atoms with Crippen molar-refractivity contribution in [3.05, 3.63) is 58.4 Å². The number of alkyl halides is 3. The van der Waals surface area contributed by atoms with Crippen molar-refractivity contribution in [1.82, 2.24) is 14.2 Å². The van der Waals surface area contributed by atoms with Gasteiger partial charge in [-0.15, -0.1) is 22.7 Å². The largest absolute Gasteiger partial charge is 0.417 e. The summed E-state index contributed by atoms with van der Waals surface area (Å²) in [6.07, 6.45) is -4.69. The van der Waals surface area contributed by atoms with Crippen molar-refractivity contribution in [2.24, 2.45) is 0 Å². The lowest BCUT2D eigenvalue weighted by Gasteiger charge is -2.34. The molecule has 0 aliphatic carbocycles. The van der Waals surface area contributed by atoms with E-state index >= 15 is 0 Å². The molecule has 0 spiro atoms. The van der Waals surface area contributed by atoms with Crippen molar-refractivity contribution < 1.29 is 26.4 Å². The molecule has 1 aromatic carbocycles. The summed E-state index contributed by atoms with van der Waals surface area (Å²) in [4.78, 5) is 18.9. The molecule has 0 unspecified atom stereocenters. The number of nitrogens with zero attached hydrogens (tertiary/aromatic N) is 3. The van der Waals surface area contributed by atoms with Crippen LogP contribution >= 0.6 is 22.7 Å². The molecule has 6 nitrogen and oxygen atoms in total. The third kappa shape index (κ3) is 4.72. The highest BCUT2D eigenvalue weighted by molar-refractivity contribution is 7.89. The first-order valence-corrected chi connectivity index (χ1v) is 12.8. The number of rotatable bonds is 5. The van der Waals surface area contributed by atoms with Gasteiger partial charge in [-0.1, -0.05) is 18.2 Å². The fraction of sp³-hybridized carbons (Fsp3) is 0.300. The van der Waals surface area contributed by atoms with Crippen LogP contribution in [0.1, 0.15) is 11.3 Å². The van der Waals surface area contributed by atoms with Crippen LogP contribution in [0.4, 0.5) is 13.2 Å². The molecular formula is C20H18F3N3O3S3. The van der Waals surface area contributed by atoms with Crippen molar-refractivity contribution in [3.63, 3.8) is 0 Å². The van der Waals surface area contributed by atoms with Crippen LogP contribution in [-0.4, -0.2) is 54.7 Å². The quantitative estimate of drug-likeness (QED) is 0.531. The third-order valence-electron chi connectivity index (χ3n) is 5.02. The molecule has 0 atom stereocenters. The lowest BCUT2D eigenvalue weighted by Crippen LogP contribution is -2.51. The molecule has 0 radical (unpaired) electrons. The van der Waals surface area contributed by atoms with Gasteiger partial charge in [0.25, 0.3) is 0 Å². The van der Waals surface area contributed by atoms with Crippen LogP contribution in [0, 0.1) is 0 Å². The maximum Gasteiger partial charge on any atom is 0.417 e. The highest BCUT2D eigenvalue weighted by atomic mass is 32.2. The Hall–Kier alpha value is -2.28. The van der Waals surface area contributed by atoms with E-state index in [2.05, 4.69) is 4.98 Å². The van der Waals surface area contributed by atoms with Crippen LogP contribution in [0.2, 0.25) is 0 Å². The zero-order chi connectivity index (χ0) is 22.9. The first kappa shape index (κ1) is 22.9. The summed E-state index contributed by atoms with van der Waals surface area (Å²) < 4.78 is 66.5. The number of amides is 1. The summed E-state index contributed by atoms with van der Waals surface area (Å²) in [7, 11) is -4.34. The van der Waals surface area contributed by atoms with E-state index in [1.165, 1.54) is 22.3 Å². The molecule has 3 heterocycles. The number of halogens is 3. The van der Waals surface area contributed by atoms with Gasteiger partial charge < -0.3 is 4.90 Å². The minimum absolute atomic E-state index is 0.0717. The molecule has 0 bridgehead atoms. The number of thiazole rings is 1. The second-order valence-electron chi connectivity index (χ2n) is 7.08.